The molecule has 0 heterocycles. The van der Waals surface area contributed by atoms with Gasteiger partial charge in [0.2, 0.25) is 0 Å². The van der Waals surface area contributed by atoms with Crippen molar-refractivity contribution >= 4 is 25.7 Å². The Hall–Kier alpha value is -4.12. The van der Waals surface area contributed by atoms with Gasteiger partial charge in [-0.25, -0.2) is 4.57 Å². The molecule has 0 spiro atoms. The summed E-state index contributed by atoms with van der Waals surface area (Å²) < 4.78 is 39.4. The average molecular weight is 1030 g/mol. The molecule has 3 atom stereocenters. The second-order valence-electron chi connectivity index (χ2n) is 17.6. The quantitative estimate of drug-likeness (QED) is 0.0197. The van der Waals surface area contributed by atoms with Crippen molar-refractivity contribution in [1.29, 1.82) is 0 Å². The lowest BCUT2D eigenvalue weighted by atomic mass is 10.1. The van der Waals surface area contributed by atoms with Crippen LogP contribution in [0.3, 0.4) is 0 Å². The molecular weight excluding hydrogens is 928 g/mol. The fourth-order valence-electron chi connectivity index (χ4n) is 6.74. The number of esters is 3. The highest BCUT2D eigenvalue weighted by molar-refractivity contribution is 7.47. The number of rotatable bonds is 49. The molecule has 0 aliphatic heterocycles. The van der Waals surface area contributed by atoms with Crippen LogP contribution >= 0.6 is 7.82 Å². The van der Waals surface area contributed by atoms with Crippen LogP contribution < -0.4 is 0 Å². The second kappa shape index (κ2) is 53.2. The lowest BCUT2D eigenvalue weighted by Gasteiger charge is -2.21. The van der Waals surface area contributed by atoms with Gasteiger partial charge in [-0.2, -0.15) is 0 Å². The highest BCUT2D eigenvalue weighted by atomic mass is 31.2. The fraction of sp³-hybridized carbons (Fsp3) is 0.617. The molecule has 0 aromatic carbocycles. The van der Waals surface area contributed by atoms with E-state index in [-0.39, 0.29) is 25.9 Å². The van der Waals surface area contributed by atoms with Gasteiger partial charge in [0, 0.05) is 19.3 Å². The molecule has 0 aliphatic rings. The number of phosphoric acid groups is 1. The Balaban J connectivity index is 4.88. The van der Waals surface area contributed by atoms with Gasteiger partial charge in [0.15, 0.2) is 6.10 Å². The maximum absolute atomic E-state index is 12.9. The van der Waals surface area contributed by atoms with Gasteiger partial charge in [-0.05, 0) is 116 Å². The molecule has 0 bridgehead atoms. The largest absolute Gasteiger partial charge is 0.472 e. The van der Waals surface area contributed by atoms with Gasteiger partial charge in [-0.15, -0.1) is 0 Å². The minimum Gasteiger partial charge on any atom is -0.462 e. The van der Waals surface area contributed by atoms with Crippen molar-refractivity contribution in [3.8, 4) is 0 Å². The standard InChI is InChI=1S/C60H97O11P/c1-4-7-10-13-16-19-22-25-27-28-30-33-36-39-42-45-48-51-60(64)71-57(53-67-58(62)49-46-43-40-37-34-32-29-26-23-20-17-14-11-8-5-2)55-69-72(65,66)68-54-56(52-61)70-59(63)50-47-44-41-38-35-31-24-21-18-15-12-9-6-3/h7-8,10-12,15-17,19-21,24-27,29-30,33,39,42,56-57,61H,4-6,9,13-14,18,22-23,28,31-32,34-38,40-41,43-55H2,1-3H3,(H,65,66)/b10-7-,11-8-,15-12-,19-16-,20-17-,24-21-,27-25-,29-26-,33-30-,42-39-. The molecule has 0 fully saturated rings. The van der Waals surface area contributed by atoms with E-state index in [1.165, 1.54) is 0 Å². The van der Waals surface area contributed by atoms with Crippen LogP contribution in [0.2, 0.25) is 0 Å². The smallest absolute Gasteiger partial charge is 0.462 e. The van der Waals surface area contributed by atoms with E-state index < -0.39 is 57.8 Å². The fourth-order valence-corrected chi connectivity index (χ4v) is 7.52. The van der Waals surface area contributed by atoms with Crippen LogP contribution in [0.1, 0.15) is 201 Å². The van der Waals surface area contributed by atoms with Gasteiger partial charge in [-0.1, -0.05) is 187 Å². The summed E-state index contributed by atoms with van der Waals surface area (Å²) in [6.07, 6.45) is 64.5. The Morgan fingerprint density at radius 1 is 0.403 bits per heavy atom. The summed E-state index contributed by atoms with van der Waals surface area (Å²) in [7, 11) is -4.78. The van der Waals surface area contributed by atoms with Crippen molar-refractivity contribution in [3.05, 3.63) is 122 Å². The highest BCUT2D eigenvalue weighted by Gasteiger charge is 2.28. The third-order valence-electron chi connectivity index (χ3n) is 10.8. The summed E-state index contributed by atoms with van der Waals surface area (Å²) in [6.45, 7) is 4.22. The van der Waals surface area contributed by atoms with Crippen LogP contribution in [0.5, 0.6) is 0 Å². The lowest BCUT2D eigenvalue weighted by Crippen LogP contribution is -2.30. The molecule has 0 aromatic rings. The number of carbonyl (C=O) groups is 3. The molecule has 0 saturated heterocycles. The molecule has 0 saturated carbocycles. The molecular formula is C60H97O11P. The monoisotopic (exact) mass is 1020 g/mol. The van der Waals surface area contributed by atoms with E-state index in [4.69, 9.17) is 23.3 Å². The number of unbranched alkanes of at least 4 members (excludes halogenated alkanes) is 12. The number of carbonyl (C=O) groups excluding carboxylic acids is 3. The van der Waals surface area contributed by atoms with Gasteiger partial charge in [0.1, 0.15) is 12.7 Å². The van der Waals surface area contributed by atoms with Crippen LogP contribution in [-0.2, 0) is 42.2 Å². The highest BCUT2D eigenvalue weighted by Crippen LogP contribution is 2.43. The van der Waals surface area contributed by atoms with E-state index in [0.717, 1.165) is 135 Å². The number of hydrogen-bond acceptors (Lipinski definition) is 10. The van der Waals surface area contributed by atoms with Gasteiger partial charge >= 0.3 is 25.7 Å². The summed E-state index contributed by atoms with van der Waals surface area (Å²) in [5.74, 6) is -1.59. The van der Waals surface area contributed by atoms with Crippen molar-refractivity contribution in [2.24, 2.45) is 0 Å². The molecule has 0 radical (unpaired) electrons. The number of phosphoric ester groups is 1. The summed E-state index contributed by atoms with van der Waals surface area (Å²) >= 11 is 0. The first-order valence-corrected chi connectivity index (χ1v) is 28.9. The Bertz CT molecular complexity index is 1670. The van der Waals surface area contributed by atoms with E-state index >= 15 is 0 Å². The first kappa shape index (κ1) is 67.9. The zero-order valence-corrected chi connectivity index (χ0v) is 45.7. The predicted molar refractivity (Wildman–Crippen MR) is 297 cm³/mol. The zero-order valence-electron chi connectivity index (χ0n) is 44.8. The summed E-state index contributed by atoms with van der Waals surface area (Å²) in [5, 5.41) is 9.79. The Morgan fingerprint density at radius 2 is 0.736 bits per heavy atom. The molecule has 0 aliphatic carbocycles. The van der Waals surface area contributed by atoms with E-state index in [1.54, 1.807) is 0 Å². The molecule has 0 amide bonds. The first-order valence-electron chi connectivity index (χ1n) is 27.4. The van der Waals surface area contributed by atoms with Crippen LogP contribution in [0.25, 0.3) is 0 Å². The zero-order chi connectivity index (χ0) is 52.7. The number of aliphatic hydroxyl groups is 1. The molecule has 11 nitrogen and oxygen atoms in total. The maximum atomic E-state index is 12.9. The van der Waals surface area contributed by atoms with Crippen LogP contribution in [0.4, 0.5) is 0 Å². The third kappa shape index (κ3) is 50.8. The van der Waals surface area contributed by atoms with Crippen molar-refractivity contribution in [1.82, 2.24) is 0 Å². The third-order valence-corrected chi connectivity index (χ3v) is 11.8. The Morgan fingerprint density at radius 3 is 1.17 bits per heavy atom. The number of allylic oxidation sites excluding steroid dienone is 20. The molecule has 12 heteroatoms. The van der Waals surface area contributed by atoms with Gasteiger partial charge in [0.05, 0.1) is 19.8 Å². The van der Waals surface area contributed by atoms with Crippen LogP contribution in [0, 0.1) is 0 Å². The summed E-state index contributed by atoms with van der Waals surface area (Å²) in [6, 6.07) is 0. The van der Waals surface area contributed by atoms with Gasteiger partial charge in [0.25, 0.3) is 0 Å². The lowest BCUT2D eigenvalue weighted by molar-refractivity contribution is -0.161. The SMILES string of the molecule is CC/C=C\C/C=C\C/C=C\C/C=C\C/C=C\CCCC(=O)OC(COC(=O)CCCCCCC/C=C\C/C=C\C/C=C\CC)COP(=O)(O)OCC(CO)OC(=O)CCCCCCC/C=C\C/C=C\CCC. The van der Waals surface area contributed by atoms with E-state index in [1.807, 2.05) is 12.2 Å². The Labute approximate surface area is 437 Å². The minimum atomic E-state index is -4.78. The van der Waals surface area contributed by atoms with Crippen LogP contribution in [-0.4, -0.2) is 66.5 Å². The summed E-state index contributed by atoms with van der Waals surface area (Å²) in [5.41, 5.74) is 0. The van der Waals surface area contributed by atoms with Gasteiger partial charge < -0.3 is 24.2 Å². The maximum Gasteiger partial charge on any atom is 0.472 e. The molecule has 2 N–H and O–H groups in total. The molecule has 408 valence electrons. The van der Waals surface area contributed by atoms with Crippen LogP contribution in [0.15, 0.2) is 122 Å². The molecule has 3 unspecified atom stereocenters. The van der Waals surface area contributed by atoms with Gasteiger partial charge in [-0.3, -0.25) is 23.4 Å². The van der Waals surface area contributed by atoms with Crippen molar-refractivity contribution in [3.63, 3.8) is 0 Å². The summed E-state index contributed by atoms with van der Waals surface area (Å²) in [4.78, 5) is 48.4. The van der Waals surface area contributed by atoms with E-state index in [2.05, 4.69) is 130 Å². The number of hydrogen-bond donors (Lipinski definition) is 2. The minimum absolute atomic E-state index is 0.0778. The number of aliphatic hydroxyl groups excluding tert-OH is 1. The average Bonchev–Trinajstić information content (AvgIpc) is 3.37. The van der Waals surface area contributed by atoms with E-state index in [0.29, 0.717) is 25.7 Å². The van der Waals surface area contributed by atoms with Crippen molar-refractivity contribution < 1.29 is 52.2 Å². The predicted octanol–water partition coefficient (Wildman–Crippen LogP) is 16.0. The second-order valence-corrected chi connectivity index (χ2v) is 19.1. The van der Waals surface area contributed by atoms with Crippen molar-refractivity contribution in [2.75, 3.05) is 26.4 Å². The topological polar surface area (TPSA) is 155 Å². The normalized spacial score (nSPS) is 14.3. The van der Waals surface area contributed by atoms with E-state index in [9.17, 15) is 28.9 Å². The van der Waals surface area contributed by atoms with Crippen molar-refractivity contribution in [2.45, 2.75) is 213 Å². The molecule has 72 heavy (non-hydrogen) atoms. The first-order chi connectivity index (χ1) is 35.2. The Kier molecular flexibility index (Phi) is 50.1. The molecule has 0 rings (SSSR count). The number of ether oxygens (including phenoxy) is 3. The molecule has 0 aromatic heterocycles.